The quantitative estimate of drug-likeness (QED) is 0.260. The summed E-state index contributed by atoms with van der Waals surface area (Å²) in [6.45, 7) is 6.74. The molecular weight excluding hydrogens is 482 g/mol. The Labute approximate surface area is 220 Å². The number of para-hydroxylation sites is 1. The van der Waals surface area contributed by atoms with Crippen molar-refractivity contribution in [3.63, 3.8) is 0 Å². The molecule has 4 aromatic rings. The molecule has 0 bridgehead atoms. The summed E-state index contributed by atoms with van der Waals surface area (Å²) in [5.74, 6) is 1.63. The number of rotatable bonds is 10. The maximum absolute atomic E-state index is 13.7. The molecule has 0 spiro atoms. The first-order valence-electron chi connectivity index (χ1n) is 12.6. The zero-order valence-electron chi connectivity index (χ0n) is 21.4. The number of hydrogen-bond donors (Lipinski definition) is 0. The van der Waals surface area contributed by atoms with Crippen LogP contribution in [0.4, 0.5) is 0 Å². The number of benzene rings is 3. The zero-order valence-corrected chi connectivity index (χ0v) is 21.4. The van der Waals surface area contributed by atoms with Gasteiger partial charge in [-0.1, -0.05) is 43.0 Å². The van der Waals surface area contributed by atoms with Crippen LogP contribution in [0.3, 0.4) is 0 Å². The van der Waals surface area contributed by atoms with Crippen LogP contribution in [-0.4, -0.2) is 37.7 Å². The third-order valence-electron chi connectivity index (χ3n) is 6.61. The highest BCUT2D eigenvalue weighted by Gasteiger charge is 2.42. The van der Waals surface area contributed by atoms with Gasteiger partial charge in [0.25, 0.3) is 5.91 Å². The lowest BCUT2D eigenvalue weighted by Crippen LogP contribution is -2.31. The van der Waals surface area contributed by atoms with Crippen LogP contribution in [0.25, 0.3) is 11.0 Å². The molecule has 0 aliphatic carbocycles. The molecule has 1 atom stereocenters. The fourth-order valence-electron chi connectivity index (χ4n) is 4.82. The maximum Gasteiger partial charge on any atom is 0.290 e. The van der Waals surface area contributed by atoms with Crippen molar-refractivity contribution < 1.29 is 23.4 Å². The van der Waals surface area contributed by atoms with E-state index >= 15 is 0 Å². The smallest absolute Gasteiger partial charge is 0.290 e. The molecule has 38 heavy (non-hydrogen) atoms. The molecule has 0 saturated carbocycles. The molecule has 2 heterocycles. The fourth-order valence-corrected chi connectivity index (χ4v) is 4.82. The van der Waals surface area contributed by atoms with E-state index in [9.17, 15) is 9.59 Å². The predicted octanol–water partition coefficient (Wildman–Crippen LogP) is 5.55. The Morgan fingerprint density at radius 2 is 1.79 bits per heavy atom. The number of methoxy groups -OCH3 is 1. The largest absolute Gasteiger partial charge is 0.497 e. The van der Waals surface area contributed by atoms with Crippen molar-refractivity contribution in [2.45, 2.75) is 19.4 Å². The molecule has 1 unspecified atom stereocenters. The molecular formula is C31H29NO6. The summed E-state index contributed by atoms with van der Waals surface area (Å²) in [4.78, 5) is 29.2. The van der Waals surface area contributed by atoms with E-state index in [2.05, 4.69) is 6.58 Å². The van der Waals surface area contributed by atoms with Gasteiger partial charge in [0.1, 0.15) is 17.9 Å². The van der Waals surface area contributed by atoms with E-state index in [1.54, 1.807) is 48.4 Å². The summed E-state index contributed by atoms with van der Waals surface area (Å²) in [6.07, 6.45) is 2.25. The first-order valence-corrected chi connectivity index (χ1v) is 12.6. The molecule has 0 radical (unpaired) electrons. The molecule has 1 aliphatic heterocycles. The van der Waals surface area contributed by atoms with E-state index in [1.165, 1.54) is 0 Å². The summed E-state index contributed by atoms with van der Waals surface area (Å²) < 4.78 is 22.9. The van der Waals surface area contributed by atoms with Gasteiger partial charge in [0, 0.05) is 6.54 Å². The normalized spacial score (nSPS) is 14.4. The van der Waals surface area contributed by atoms with Gasteiger partial charge in [0.2, 0.25) is 5.76 Å². The van der Waals surface area contributed by atoms with E-state index in [4.69, 9.17) is 18.6 Å². The lowest BCUT2D eigenvalue weighted by atomic mass is 9.97. The van der Waals surface area contributed by atoms with Crippen LogP contribution >= 0.6 is 0 Å². The number of ether oxygens (including phenoxy) is 3. The SMILES string of the molecule is C=CCOc1ccc(C2c3c(oc4ccccc4c3=O)C(=O)N2CCc2ccc(OC)cc2)cc1OCC. The number of amides is 1. The van der Waals surface area contributed by atoms with Gasteiger partial charge in [-0.2, -0.15) is 0 Å². The van der Waals surface area contributed by atoms with Gasteiger partial charge in [-0.3, -0.25) is 9.59 Å². The fraction of sp³-hybridized carbons (Fsp3) is 0.226. The van der Waals surface area contributed by atoms with Gasteiger partial charge >= 0.3 is 0 Å². The van der Waals surface area contributed by atoms with Gasteiger partial charge in [-0.15, -0.1) is 0 Å². The molecule has 0 N–H and O–H groups in total. The first kappa shape index (κ1) is 25.1. The van der Waals surface area contributed by atoms with Gasteiger partial charge < -0.3 is 23.5 Å². The van der Waals surface area contributed by atoms with Crippen molar-refractivity contribution >= 4 is 16.9 Å². The Bertz CT molecular complexity index is 1540. The van der Waals surface area contributed by atoms with E-state index in [0.717, 1.165) is 16.9 Å². The highest BCUT2D eigenvalue weighted by Crippen LogP contribution is 2.41. The van der Waals surface area contributed by atoms with Crippen molar-refractivity contribution in [2.24, 2.45) is 0 Å². The van der Waals surface area contributed by atoms with Crippen LogP contribution < -0.4 is 19.6 Å². The molecule has 1 amide bonds. The summed E-state index contributed by atoms with van der Waals surface area (Å²) in [5, 5.41) is 0.442. The van der Waals surface area contributed by atoms with Crippen LogP contribution in [0.5, 0.6) is 17.2 Å². The van der Waals surface area contributed by atoms with Gasteiger partial charge in [-0.25, -0.2) is 0 Å². The molecule has 7 nitrogen and oxygen atoms in total. The number of nitrogens with zero attached hydrogens (tertiary/aromatic N) is 1. The molecule has 0 saturated heterocycles. The molecule has 5 rings (SSSR count). The molecule has 7 heteroatoms. The van der Waals surface area contributed by atoms with Crippen molar-refractivity contribution in [1.82, 2.24) is 4.90 Å². The number of carbonyl (C=O) groups excluding carboxylic acids is 1. The van der Waals surface area contributed by atoms with Crippen LogP contribution in [0.2, 0.25) is 0 Å². The van der Waals surface area contributed by atoms with Crippen molar-refractivity contribution in [1.29, 1.82) is 0 Å². The summed E-state index contributed by atoms with van der Waals surface area (Å²) >= 11 is 0. The molecule has 0 fully saturated rings. The van der Waals surface area contributed by atoms with Crippen molar-refractivity contribution in [2.75, 3.05) is 26.9 Å². The van der Waals surface area contributed by atoms with Gasteiger partial charge in [0.05, 0.1) is 30.7 Å². The highest BCUT2D eigenvalue weighted by molar-refractivity contribution is 5.99. The average Bonchev–Trinajstić information content (AvgIpc) is 3.23. The summed E-state index contributed by atoms with van der Waals surface area (Å²) in [5.41, 5.74) is 2.30. The minimum Gasteiger partial charge on any atom is -0.497 e. The van der Waals surface area contributed by atoms with Crippen LogP contribution in [-0.2, 0) is 6.42 Å². The molecule has 1 aromatic heterocycles. The van der Waals surface area contributed by atoms with E-state index in [0.29, 0.717) is 54.2 Å². The second-order valence-electron chi connectivity index (χ2n) is 8.91. The Morgan fingerprint density at radius 1 is 1.00 bits per heavy atom. The third-order valence-corrected chi connectivity index (χ3v) is 6.61. The van der Waals surface area contributed by atoms with Crippen LogP contribution in [0.15, 0.2) is 88.6 Å². The Hall–Kier alpha value is -4.52. The lowest BCUT2D eigenvalue weighted by Gasteiger charge is -2.26. The van der Waals surface area contributed by atoms with E-state index in [-0.39, 0.29) is 17.1 Å². The zero-order chi connectivity index (χ0) is 26.6. The number of fused-ring (bicyclic) bond motifs is 2. The molecule has 194 valence electrons. The highest BCUT2D eigenvalue weighted by atomic mass is 16.5. The van der Waals surface area contributed by atoms with Crippen molar-refractivity contribution in [3.05, 3.63) is 112 Å². The molecule has 1 aliphatic rings. The maximum atomic E-state index is 13.7. The van der Waals surface area contributed by atoms with Crippen LogP contribution in [0, 0.1) is 0 Å². The topological polar surface area (TPSA) is 78.2 Å². The minimum absolute atomic E-state index is 0.0818. The minimum atomic E-state index is -0.635. The number of hydrogen-bond acceptors (Lipinski definition) is 6. The average molecular weight is 512 g/mol. The summed E-state index contributed by atoms with van der Waals surface area (Å²) in [6, 6.07) is 19.6. The van der Waals surface area contributed by atoms with E-state index in [1.807, 2.05) is 43.3 Å². The van der Waals surface area contributed by atoms with E-state index < -0.39 is 6.04 Å². The van der Waals surface area contributed by atoms with Gasteiger partial charge in [0.15, 0.2) is 16.9 Å². The Balaban J connectivity index is 1.60. The summed E-state index contributed by atoms with van der Waals surface area (Å²) in [7, 11) is 1.62. The van der Waals surface area contributed by atoms with Crippen molar-refractivity contribution in [3.8, 4) is 17.2 Å². The predicted molar refractivity (Wildman–Crippen MR) is 145 cm³/mol. The third kappa shape index (κ3) is 4.63. The standard InChI is InChI=1S/C31H29NO6/c1-4-18-37-25-15-12-21(19-26(25)36-5-2)28-27-29(33)23-8-6-7-9-24(23)38-30(27)31(34)32(28)17-16-20-10-13-22(35-3)14-11-20/h4,6-15,19,28H,1,5,16-18H2,2-3H3. The second kappa shape index (κ2) is 10.8. The molecule has 3 aromatic carbocycles. The Morgan fingerprint density at radius 3 is 2.53 bits per heavy atom. The first-order chi connectivity index (χ1) is 18.5. The number of carbonyl (C=O) groups is 1. The van der Waals surface area contributed by atoms with Gasteiger partial charge in [-0.05, 0) is 60.9 Å². The Kier molecular flexibility index (Phi) is 7.18. The lowest BCUT2D eigenvalue weighted by molar-refractivity contribution is 0.0729. The van der Waals surface area contributed by atoms with Crippen LogP contribution in [0.1, 0.15) is 40.2 Å². The monoisotopic (exact) mass is 511 g/mol. The second-order valence-corrected chi connectivity index (χ2v) is 8.91.